The normalized spacial score (nSPS) is 12.5. The number of aromatic nitrogens is 4. The summed E-state index contributed by atoms with van der Waals surface area (Å²) in [5.41, 5.74) is 14.1. The molecule has 0 bridgehead atoms. The monoisotopic (exact) mass is 679 g/mol. The van der Waals surface area contributed by atoms with Crippen molar-refractivity contribution in [3.05, 3.63) is 181 Å². The molecule has 6 aromatic carbocycles. The van der Waals surface area contributed by atoms with Gasteiger partial charge in [-0.1, -0.05) is 129 Å². The van der Waals surface area contributed by atoms with Crippen LogP contribution in [0.2, 0.25) is 0 Å². The highest BCUT2D eigenvalue weighted by Gasteiger charge is 2.37. The third kappa shape index (κ3) is 5.77. The fraction of sp³-hybridized carbons (Fsp3) is 0.0625. The van der Waals surface area contributed by atoms with E-state index in [1.165, 1.54) is 11.1 Å². The number of nitriles is 1. The molecule has 8 aromatic rings. The highest BCUT2D eigenvalue weighted by molar-refractivity contribution is 5.87. The first-order valence-electron chi connectivity index (χ1n) is 17.7. The molecule has 0 spiro atoms. The van der Waals surface area contributed by atoms with E-state index in [1.807, 2.05) is 60.8 Å². The van der Waals surface area contributed by atoms with Gasteiger partial charge in [-0.05, 0) is 86.5 Å². The Bertz CT molecular complexity index is 2680. The van der Waals surface area contributed by atoms with Crippen LogP contribution >= 0.6 is 0 Å². The van der Waals surface area contributed by atoms with Crippen LogP contribution in [-0.2, 0) is 5.41 Å². The van der Waals surface area contributed by atoms with Gasteiger partial charge in [0, 0.05) is 40.1 Å². The first-order valence-corrected chi connectivity index (χ1v) is 17.7. The molecule has 1 aliphatic carbocycles. The van der Waals surface area contributed by atoms with Crippen molar-refractivity contribution in [3.63, 3.8) is 0 Å². The molecule has 250 valence electrons. The van der Waals surface area contributed by atoms with Gasteiger partial charge in [0.2, 0.25) is 0 Å². The highest BCUT2D eigenvalue weighted by atomic mass is 15.0. The third-order valence-corrected chi connectivity index (χ3v) is 10.2. The van der Waals surface area contributed by atoms with Gasteiger partial charge in [-0.15, -0.1) is 0 Å². The number of pyridine rings is 1. The Morgan fingerprint density at radius 2 is 1.00 bits per heavy atom. The third-order valence-electron chi connectivity index (χ3n) is 10.2. The summed E-state index contributed by atoms with van der Waals surface area (Å²) in [5.74, 6) is 1.80. The van der Waals surface area contributed by atoms with Crippen LogP contribution in [0.15, 0.2) is 164 Å². The lowest BCUT2D eigenvalue weighted by Gasteiger charge is -2.23. The molecule has 0 unspecified atom stereocenters. The maximum atomic E-state index is 10.00. The first-order chi connectivity index (χ1) is 26.0. The van der Waals surface area contributed by atoms with Crippen LogP contribution in [0.1, 0.15) is 30.5 Å². The minimum atomic E-state index is -0.333. The van der Waals surface area contributed by atoms with Gasteiger partial charge in [0.05, 0.1) is 11.6 Å². The van der Waals surface area contributed by atoms with Crippen molar-refractivity contribution in [2.45, 2.75) is 19.3 Å². The number of rotatable bonds is 6. The summed E-state index contributed by atoms with van der Waals surface area (Å²) in [4.78, 5) is 19.7. The van der Waals surface area contributed by atoms with Crippen molar-refractivity contribution in [3.8, 4) is 84.7 Å². The number of fused-ring (bicyclic) bond motifs is 3. The van der Waals surface area contributed by atoms with Gasteiger partial charge in [-0.3, -0.25) is 4.98 Å². The molecule has 53 heavy (non-hydrogen) atoms. The van der Waals surface area contributed by atoms with E-state index in [2.05, 4.69) is 122 Å². The van der Waals surface area contributed by atoms with Crippen molar-refractivity contribution in [2.75, 3.05) is 0 Å². The van der Waals surface area contributed by atoms with Gasteiger partial charge in [-0.2, -0.15) is 5.26 Å². The lowest BCUT2D eigenvalue weighted by atomic mass is 9.79. The molecule has 9 rings (SSSR count). The van der Waals surface area contributed by atoms with Crippen molar-refractivity contribution in [1.82, 2.24) is 19.9 Å². The Kier molecular flexibility index (Phi) is 7.79. The second-order valence-corrected chi connectivity index (χ2v) is 13.9. The molecule has 5 heteroatoms. The van der Waals surface area contributed by atoms with Gasteiger partial charge in [0.25, 0.3) is 0 Å². The Labute approximate surface area is 309 Å². The quantitative estimate of drug-likeness (QED) is 0.175. The van der Waals surface area contributed by atoms with Crippen molar-refractivity contribution in [1.29, 1.82) is 5.26 Å². The number of nitrogens with zero attached hydrogens (tertiary/aromatic N) is 5. The standard InChI is InChI=1S/C48H33N5/c1-48(2)43-28-35(22-23-41(43)42-17-9-15-36(29-49)44(42)48)38-25-39(37-16-10-24-50-30-37)27-40(26-38)47-52-45(33-13-7-4-8-14-33)51-46(53-47)34-20-18-32(19-21-34)31-11-5-3-6-12-31/h3-28,30H,1-2H3. The van der Waals surface area contributed by atoms with Crippen LogP contribution in [0.25, 0.3) is 78.7 Å². The number of hydrogen-bond acceptors (Lipinski definition) is 5. The molecule has 0 fully saturated rings. The molecule has 0 amide bonds. The maximum absolute atomic E-state index is 10.00. The van der Waals surface area contributed by atoms with Crippen LogP contribution < -0.4 is 0 Å². The van der Waals surface area contributed by atoms with Gasteiger partial charge < -0.3 is 0 Å². The molecular weight excluding hydrogens is 647 g/mol. The van der Waals surface area contributed by atoms with Crippen LogP contribution in [0.3, 0.4) is 0 Å². The zero-order chi connectivity index (χ0) is 35.9. The van der Waals surface area contributed by atoms with E-state index in [9.17, 15) is 5.26 Å². The van der Waals surface area contributed by atoms with E-state index in [1.54, 1.807) is 6.20 Å². The fourth-order valence-electron chi connectivity index (χ4n) is 7.57. The van der Waals surface area contributed by atoms with Crippen LogP contribution in [0.4, 0.5) is 0 Å². The van der Waals surface area contributed by atoms with Gasteiger partial charge in [0.15, 0.2) is 17.5 Å². The van der Waals surface area contributed by atoms with E-state index >= 15 is 0 Å². The van der Waals surface area contributed by atoms with Crippen molar-refractivity contribution < 1.29 is 0 Å². The molecule has 0 atom stereocenters. The van der Waals surface area contributed by atoms with E-state index in [4.69, 9.17) is 15.0 Å². The molecule has 0 saturated heterocycles. The van der Waals surface area contributed by atoms with Crippen LogP contribution in [0, 0.1) is 11.3 Å². The Hall–Kier alpha value is -7.03. The summed E-state index contributed by atoms with van der Waals surface area (Å²) < 4.78 is 0. The predicted molar refractivity (Wildman–Crippen MR) is 213 cm³/mol. The molecule has 0 saturated carbocycles. The summed E-state index contributed by atoms with van der Waals surface area (Å²) in [6.45, 7) is 4.42. The summed E-state index contributed by atoms with van der Waals surface area (Å²) in [6, 6.07) is 54.5. The molecule has 2 heterocycles. The first kappa shape index (κ1) is 31.9. The summed E-state index contributed by atoms with van der Waals surface area (Å²) >= 11 is 0. The van der Waals surface area contributed by atoms with E-state index in [0.29, 0.717) is 17.5 Å². The molecular formula is C48H33N5. The summed E-state index contributed by atoms with van der Waals surface area (Å²) in [5, 5.41) is 10.00. The van der Waals surface area contributed by atoms with E-state index in [-0.39, 0.29) is 5.41 Å². The lowest BCUT2D eigenvalue weighted by molar-refractivity contribution is 0.658. The van der Waals surface area contributed by atoms with Crippen molar-refractivity contribution in [2.24, 2.45) is 0 Å². The highest BCUT2D eigenvalue weighted by Crippen LogP contribution is 2.51. The Morgan fingerprint density at radius 3 is 1.66 bits per heavy atom. The largest absolute Gasteiger partial charge is 0.264 e. The van der Waals surface area contributed by atoms with Gasteiger partial charge in [0.1, 0.15) is 0 Å². The summed E-state index contributed by atoms with van der Waals surface area (Å²) in [6.07, 6.45) is 3.68. The molecule has 0 radical (unpaired) electrons. The molecule has 0 aliphatic heterocycles. The van der Waals surface area contributed by atoms with Crippen LogP contribution in [-0.4, -0.2) is 19.9 Å². The average Bonchev–Trinajstić information content (AvgIpc) is 3.47. The fourth-order valence-corrected chi connectivity index (χ4v) is 7.57. The Morgan fingerprint density at radius 1 is 0.453 bits per heavy atom. The molecule has 5 nitrogen and oxygen atoms in total. The zero-order valence-corrected chi connectivity index (χ0v) is 29.3. The van der Waals surface area contributed by atoms with Crippen molar-refractivity contribution >= 4 is 0 Å². The lowest BCUT2D eigenvalue weighted by Crippen LogP contribution is -2.16. The minimum Gasteiger partial charge on any atom is -0.264 e. The smallest absolute Gasteiger partial charge is 0.164 e. The van der Waals surface area contributed by atoms with Crippen LogP contribution in [0.5, 0.6) is 0 Å². The Balaban J connectivity index is 1.21. The topological polar surface area (TPSA) is 75.3 Å². The van der Waals surface area contributed by atoms with Gasteiger partial charge in [-0.25, -0.2) is 15.0 Å². The number of hydrogen-bond donors (Lipinski definition) is 0. The molecule has 0 N–H and O–H groups in total. The summed E-state index contributed by atoms with van der Waals surface area (Å²) in [7, 11) is 0. The zero-order valence-electron chi connectivity index (χ0n) is 29.3. The van der Waals surface area contributed by atoms with E-state index < -0.39 is 0 Å². The SMILES string of the molecule is CC1(C)c2cc(-c3cc(-c4cccnc4)cc(-c4nc(-c5ccccc5)nc(-c5ccc(-c6ccccc6)cc5)n4)c3)ccc2-c2cccc(C#N)c21. The average molecular weight is 680 g/mol. The maximum Gasteiger partial charge on any atom is 0.164 e. The number of benzene rings is 6. The predicted octanol–water partition coefficient (Wildman–Crippen LogP) is 11.4. The minimum absolute atomic E-state index is 0.333. The van der Waals surface area contributed by atoms with E-state index in [0.717, 1.165) is 66.8 Å². The molecule has 1 aliphatic rings. The molecule has 2 aromatic heterocycles. The van der Waals surface area contributed by atoms with Gasteiger partial charge >= 0.3 is 0 Å². The second-order valence-electron chi connectivity index (χ2n) is 13.9. The second kappa shape index (κ2) is 12.9.